The Morgan fingerprint density at radius 1 is 1.19 bits per heavy atom. The molecule has 0 saturated carbocycles. The minimum atomic E-state index is -0.710. The number of aromatic nitrogens is 5. The van der Waals surface area contributed by atoms with Gasteiger partial charge in [0.1, 0.15) is 12.9 Å². The normalized spacial score (nSPS) is 22.1. The lowest BCUT2D eigenvalue weighted by Crippen LogP contribution is -2.45. The van der Waals surface area contributed by atoms with Crippen LogP contribution in [0.5, 0.6) is 0 Å². The van der Waals surface area contributed by atoms with Gasteiger partial charge in [0, 0.05) is 24.8 Å². The van der Waals surface area contributed by atoms with E-state index in [0.29, 0.717) is 35.6 Å². The molecule has 0 aliphatic carbocycles. The Kier molecular flexibility index (Phi) is 5.22. The molecule has 0 radical (unpaired) electrons. The van der Waals surface area contributed by atoms with Crippen LogP contribution in [-0.4, -0.2) is 84.8 Å². The van der Waals surface area contributed by atoms with Gasteiger partial charge in [0.05, 0.1) is 34.7 Å². The molecule has 3 aliphatic rings. The number of likely N-dealkylation sites (tertiary alicyclic amines) is 2. The Balaban J connectivity index is 1.21. The molecule has 1 N–H and O–H groups in total. The molecule has 3 aliphatic heterocycles. The lowest BCUT2D eigenvalue weighted by Gasteiger charge is -2.38. The Hall–Kier alpha value is -3.18. The number of piperidine rings is 1. The first kappa shape index (κ1) is 20.7. The second kappa shape index (κ2) is 8.06. The van der Waals surface area contributed by atoms with Gasteiger partial charge in [-0.2, -0.15) is 4.68 Å². The summed E-state index contributed by atoms with van der Waals surface area (Å²) >= 11 is 0. The van der Waals surface area contributed by atoms with Crippen molar-refractivity contribution in [1.29, 1.82) is 0 Å². The van der Waals surface area contributed by atoms with Gasteiger partial charge in [0.15, 0.2) is 0 Å². The van der Waals surface area contributed by atoms with E-state index in [-0.39, 0.29) is 23.9 Å². The van der Waals surface area contributed by atoms with Crippen molar-refractivity contribution in [3.8, 4) is 5.69 Å². The summed E-state index contributed by atoms with van der Waals surface area (Å²) in [4.78, 5) is 33.1. The first-order chi connectivity index (χ1) is 15.5. The molecule has 2 fully saturated rings. The number of amides is 1. The number of carbonyl (C=O) groups is 2. The maximum Gasteiger partial charge on any atom is 0.336 e. The standard InChI is InChI=1S/C21H25N7O4/c1-14-17(12-32-19(14)30)27-7-4-21(20(27)31)2-5-26(6-3-21)11-18(29)15-8-16(10-22-9-15)28-13-23-24-25-28/h8-10,13,18,29H,2-7,11-12H2,1H3. The fourth-order valence-electron chi connectivity index (χ4n) is 4.84. The number of hydrogen-bond acceptors (Lipinski definition) is 9. The molecule has 1 unspecified atom stereocenters. The monoisotopic (exact) mass is 439 g/mol. The topological polar surface area (TPSA) is 127 Å². The largest absolute Gasteiger partial charge is 0.456 e. The van der Waals surface area contributed by atoms with Crippen LogP contribution in [0, 0.1) is 5.41 Å². The van der Waals surface area contributed by atoms with Gasteiger partial charge >= 0.3 is 5.97 Å². The van der Waals surface area contributed by atoms with Crippen molar-refractivity contribution in [1.82, 2.24) is 35.0 Å². The molecule has 32 heavy (non-hydrogen) atoms. The number of tetrazole rings is 1. The van der Waals surface area contributed by atoms with E-state index in [1.54, 1.807) is 24.2 Å². The van der Waals surface area contributed by atoms with Crippen LogP contribution in [0.4, 0.5) is 0 Å². The molecule has 5 heterocycles. The van der Waals surface area contributed by atoms with Gasteiger partial charge < -0.3 is 19.6 Å². The number of rotatable bonds is 5. The van der Waals surface area contributed by atoms with Crippen LogP contribution in [0.1, 0.15) is 37.9 Å². The van der Waals surface area contributed by atoms with Gasteiger partial charge in [0.25, 0.3) is 0 Å². The van der Waals surface area contributed by atoms with Gasteiger partial charge in [-0.3, -0.25) is 9.78 Å². The Labute approximate surface area is 184 Å². The quantitative estimate of drug-likeness (QED) is 0.652. The molecule has 11 nitrogen and oxygen atoms in total. The second-order valence-corrected chi connectivity index (χ2v) is 8.68. The summed E-state index contributed by atoms with van der Waals surface area (Å²) in [5, 5.41) is 21.9. The number of cyclic esters (lactones) is 1. The number of nitrogens with zero attached hydrogens (tertiary/aromatic N) is 7. The van der Waals surface area contributed by atoms with Crippen LogP contribution in [0.3, 0.4) is 0 Å². The Morgan fingerprint density at radius 3 is 2.66 bits per heavy atom. The van der Waals surface area contributed by atoms with Gasteiger partial charge in [0.2, 0.25) is 5.91 Å². The number of β-amino-alcohol motifs (C(OH)–C–C–N with tert-alkyl or cyclic N) is 1. The van der Waals surface area contributed by atoms with Crippen LogP contribution in [0.2, 0.25) is 0 Å². The zero-order chi connectivity index (χ0) is 22.3. The summed E-state index contributed by atoms with van der Waals surface area (Å²) in [5.74, 6) is -0.236. The highest BCUT2D eigenvalue weighted by Crippen LogP contribution is 2.43. The summed E-state index contributed by atoms with van der Waals surface area (Å²) in [6.45, 7) is 4.44. The second-order valence-electron chi connectivity index (χ2n) is 8.68. The first-order valence-electron chi connectivity index (χ1n) is 10.7. The third kappa shape index (κ3) is 3.56. The van der Waals surface area contributed by atoms with Gasteiger partial charge in [-0.15, -0.1) is 5.10 Å². The third-order valence-electron chi connectivity index (χ3n) is 6.91. The van der Waals surface area contributed by atoms with Crippen molar-refractivity contribution >= 4 is 11.9 Å². The van der Waals surface area contributed by atoms with Crippen molar-refractivity contribution in [2.24, 2.45) is 5.41 Å². The minimum Gasteiger partial charge on any atom is -0.456 e. The van der Waals surface area contributed by atoms with Crippen molar-refractivity contribution in [3.63, 3.8) is 0 Å². The molecular weight excluding hydrogens is 414 g/mol. The van der Waals surface area contributed by atoms with Gasteiger partial charge in [-0.1, -0.05) is 0 Å². The number of aliphatic hydroxyl groups is 1. The van der Waals surface area contributed by atoms with Crippen LogP contribution in [0.25, 0.3) is 5.69 Å². The highest BCUT2D eigenvalue weighted by atomic mass is 16.5. The zero-order valence-electron chi connectivity index (χ0n) is 17.8. The SMILES string of the molecule is CC1=C(N2CCC3(CCN(CC(O)c4cncc(-n5cnnn5)c4)CC3)C2=O)COC1=O. The first-order valence-corrected chi connectivity index (χ1v) is 10.7. The van der Waals surface area contributed by atoms with Crippen LogP contribution in [-0.2, 0) is 14.3 Å². The molecule has 2 aromatic heterocycles. The summed E-state index contributed by atoms with van der Waals surface area (Å²) in [5.41, 5.74) is 2.23. The predicted molar refractivity (Wildman–Crippen MR) is 110 cm³/mol. The molecule has 1 spiro atoms. The highest BCUT2D eigenvalue weighted by molar-refractivity contribution is 5.94. The van der Waals surface area contributed by atoms with E-state index in [1.807, 2.05) is 6.07 Å². The van der Waals surface area contributed by atoms with E-state index in [2.05, 4.69) is 25.4 Å². The number of hydrogen-bond donors (Lipinski definition) is 1. The number of carbonyl (C=O) groups excluding carboxylic acids is 2. The minimum absolute atomic E-state index is 0.101. The molecule has 0 aromatic carbocycles. The smallest absolute Gasteiger partial charge is 0.336 e. The van der Waals surface area contributed by atoms with Crippen LogP contribution >= 0.6 is 0 Å². The summed E-state index contributed by atoms with van der Waals surface area (Å²) < 4.78 is 6.58. The van der Waals surface area contributed by atoms with Gasteiger partial charge in [-0.25, -0.2) is 4.79 Å². The van der Waals surface area contributed by atoms with Crippen LogP contribution in [0.15, 0.2) is 36.1 Å². The predicted octanol–water partition coefficient (Wildman–Crippen LogP) is 0.236. The Morgan fingerprint density at radius 2 is 1.97 bits per heavy atom. The molecule has 5 rings (SSSR count). The zero-order valence-corrected chi connectivity index (χ0v) is 17.8. The lowest BCUT2D eigenvalue weighted by atomic mass is 9.77. The molecule has 168 valence electrons. The molecule has 1 amide bonds. The van der Waals surface area contributed by atoms with E-state index in [1.165, 1.54) is 11.0 Å². The lowest BCUT2D eigenvalue weighted by molar-refractivity contribution is -0.138. The van der Waals surface area contributed by atoms with E-state index in [4.69, 9.17) is 4.74 Å². The van der Waals surface area contributed by atoms with Crippen molar-refractivity contribution in [2.45, 2.75) is 32.3 Å². The molecule has 0 bridgehead atoms. The van der Waals surface area contributed by atoms with Crippen molar-refractivity contribution < 1.29 is 19.4 Å². The molecule has 2 saturated heterocycles. The van der Waals surface area contributed by atoms with Crippen molar-refractivity contribution in [2.75, 3.05) is 32.8 Å². The summed E-state index contributed by atoms with van der Waals surface area (Å²) in [6, 6.07) is 1.82. The average Bonchev–Trinajstić information content (AvgIpc) is 3.53. The maximum absolute atomic E-state index is 13.3. The maximum atomic E-state index is 13.3. The van der Waals surface area contributed by atoms with E-state index in [0.717, 1.165) is 32.4 Å². The summed E-state index contributed by atoms with van der Waals surface area (Å²) in [7, 11) is 0. The molecular formula is C21H25N7O4. The number of esters is 1. The number of aliphatic hydroxyl groups excluding tert-OH is 1. The summed E-state index contributed by atoms with van der Waals surface area (Å²) in [6.07, 6.45) is 6.30. The Bertz CT molecular complexity index is 1060. The highest BCUT2D eigenvalue weighted by Gasteiger charge is 2.50. The average molecular weight is 439 g/mol. The molecule has 2 aromatic rings. The fraction of sp³-hybridized carbons (Fsp3) is 0.524. The van der Waals surface area contributed by atoms with E-state index < -0.39 is 6.10 Å². The third-order valence-corrected chi connectivity index (χ3v) is 6.91. The number of ether oxygens (including phenoxy) is 1. The number of pyridine rings is 1. The van der Waals surface area contributed by atoms with E-state index >= 15 is 0 Å². The fourth-order valence-corrected chi connectivity index (χ4v) is 4.84. The van der Waals surface area contributed by atoms with Crippen LogP contribution < -0.4 is 0 Å². The molecule has 11 heteroatoms. The van der Waals surface area contributed by atoms with Crippen molar-refractivity contribution in [3.05, 3.63) is 41.6 Å². The molecule has 1 atom stereocenters. The van der Waals surface area contributed by atoms with E-state index in [9.17, 15) is 14.7 Å². The van der Waals surface area contributed by atoms with Gasteiger partial charge in [-0.05, 0) is 55.8 Å².